The van der Waals surface area contributed by atoms with E-state index in [0.29, 0.717) is 16.5 Å². The maximum Gasteiger partial charge on any atom is 0.338 e. The van der Waals surface area contributed by atoms with Crippen LogP contribution in [0.2, 0.25) is 5.02 Å². The topological polar surface area (TPSA) is 72.9 Å². The van der Waals surface area contributed by atoms with Crippen LogP contribution in [0.1, 0.15) is 10.4 Å². The molecule has 0 atom stereocenters. The maximum atomic E-state index is 12.8. The zero-order valence-corrected chi connectivity index (χ0v) is 17.8. The molecule has 0 saturated carbocycles. The normalized spacial score (nSPS) is 11.0. The molecule has 0 fully saturated rings. The molecule has 0 aliphatic carbocycles. The number of benzene rings is 3. The molecular weight excluding hydrogens is 426 g/mol. The number of nitrogens with zero attached hydrogens (tertiary/aromatic N) is 1. The predicted octanol–water partition coefficient (Wildman–Crippen LogP) is 4.40. The largest absolute Gasteiger partial charge is 0.490 e. The lowest BCUT2D eigenvalue weighted by Crippen LogP contribution is -2.26. The summed E-state index contributed by atoms with van der Waals surface area (Å²) >= 11 is 5.80. The summed E-state index contributed by atoms with van der Waals surface area (Å²) in [5.74, 6) is 0.0580. The van der Waals surface area contributed by atoms with Crippen molar-refractivity contribution in [1.82, 2.24) is 0 Å². The lowest BCUT2D eigenvalue weighted by molar-refractivity contribution is 0.0450. The van der Waals surface area contributed by atoms with E-state index in [0.717, 1.165) is 0 Å². The van der Waals surface area contributed by atoms with Crippen molar-refractivity contribution in [2.45, 2.75) is 4.90 Å². The molecule has 8 heteroatoms. The Bertz CT molecular complexity index is 1080. The maximum absolute atomic E-state index is 12.8. The molecule has 0 heterocycles. The van der Waals surface area contributed by atoms with Crippen LogP contribution in [0.3, 0.4) is 0 Å². The molecule has 3 aromatic rings. The predicted molar refractivity (Wildman–Crippen MR) is 116 cm³/mol. The van der Waals surface area contributed by atoms with Gasteiger partial charge in [-0.2, -0.15) is 0 Å². The van der Waals surface area contributed by atoms with Gasteiger partial charge in [0.25, 0.3) is 10.0 Å². The van der Waals surface area contributed by atoms with Crippen molar-refractivity contribution in [2.24, 2.45) is 0 Å². The van der Waals surface area contributed by atoms with Crippen molar-refractivity contribution in [3.05, 3.63) is 89.4 Å². The van der Waals surface area contributed by atoms with Gasteiger partial charge in [0.2, 0.25) is 0 Å². The molecule has 0 amide bonds. The Morgan fingerprint density at radius 1 is 0.900 bits per heavy atom. The average Bonchev–Trinajstić information content (AvgIpc) is 2.78. The lowest BCUT2D eigenvalue weighted by Gasteiger charge is -2.19. The van der Waals surface area contributed by atoms with E-state index in [1.54, 1.807) is 48.5 Å². The molecule has 0 aliphatic heterocycles. The Balaban J connectivity index is 1.56. The molecule has 156 valence electrons. The summed E-state index contributed by atoms with van der Waals surface area (Å²) < 4.78 is 37.3. The number of halogens is 1. The van der Waals surface area contributed by atoms with Gasteiger partial charge in [-0.3, -0.25) is 4.31 Å². The van der Waals surface area contributed by atoms with E-state index in [4.69, 9.17) is 21.1 Å². The summed E-state index contributed by atoms with van der Waals surface area (Å²) in [5.41, 5.74) is 0.796. The number of carbonyl (C=O) groups is 1. The fourth-order valence-electron chi connectivity index (χ4n) is 2.61. The average molecular weight is 446 g/mol. The number of rotatable bonds is 8. The number of para-hydroxylation sites is 1. The Hall–Kier alpha value is -3.03. The van der Waals surface area contributed by atoms with E-state index in [-0.39, 0.29) is 23.7 Å². The van der Waals surface area contributed by atoms with E-state index in [1.807, 2.05) is 6.07 Å². The summed E-state index contributed by atoms with van der Waals surface area (Å²) in [6.07, 6.45) is 0. The van der Waals surface area contributed by atoms with Crippen molar-refractivity contribution in [2.75, 3.05) is 24.6 Å². The number of hydrogen-bond donors (Lipinski definition) is 0. The second kappa shape index (κ2) is 9.65. The molecule has 0 unspecified atom stereocenters. The molecule has 0 bridgehead atoms. The van der Waals surface area contributed by atoms with Crippen LogP contribution in [0, 0.1) is 0 Å². The third kappa shape index (κ3) is 5.31. The third-order valence-corrected chi connectivity index (χ3v) is 6.32. The Kier molecular flexibility index (Phi) is 6.97. The van der Waals surface area contributed by atoms with E-state index < -0.39 is 16.0 Å². The van der Waals surface area contributed by atoms with Gasteiger partial charge in [-0.25, -0.2) is 13.2 Å². The summed E-state index contributed by atoms with van der Waals surface area (Å²) in [4.78, 5) is 12.2. The number of anilines is 1. The SMILES string of the molecule is CN(c1ccccc1)S(=O)(=O)c1ccc(C(=O)OCCOc2ccc(Cl)cc2)cc1. The van der Waals surface area contributed by atoms with Gasteiger partial charge in [0.1, 0.15) is 19.0 Å². The zero-order chi connectivity index (χ0) is 21.6. The van der Waals surface area contributed by atoms with Crippen molar-refractivity contribution in [3.63, 3.8) is 0 Å². The first-order chi connectivity index (χ1) is 14.4. The van der Waals surface area contributed by atoms with Crippen LogP contribution in [0.4, 0.5) is 5.69 Å². The van der Waals surface area contributed by atoms with Gasteiger partial charge in [-0.05, 0) is 60.7 Å². The van der Waals surface area contributed by atoms with Gasteiger partial charge in [0, 0.05) is 12.1 Å². The number of ether oxygens (including phenoxy) is 2. The smallest absolute Gasteiger partial charge is 0.338 e. The van der Waals surface area contributed by atoms with Crippen LogP contribution in [0.25, 0.3) is 0 Å². The minimum Gasteiger partial charge on any atom is -0.490 e. The highest BCUT2D eigenvalue weighted by Crippen LogP contribution is 2.22. The van der Waals surface area contributed by atoms with Crippen LogP contribution < -0.4 is 9.04 Å². The van der Waals surface area contributed by atoms with Gasteiger partial charge in [0.05, 0.1) is 16.1 Å². The van der Waals surface area contributed by atoms with E-state index in [2.05, 4.69) is 0 Å². The fraction of sp³-hybridized carbons (Fsp3) is 0.136. The standard InChI is InChI=1S/C22H20ClNO5S/c1-24(19-5-3-2-4-6-19)30(26,27)21-13-7-17(8-14-21)22(25)29-16-15-28-20-11-9-18(23)10-12-20/h2-14H,15-16H2,1H3. The summed E-state index contributed by atoms with van der Waals surface area (Å²) in [7, 11) is -2.26. The van der Waals surface area contributed by atoms with Gasteiger partial charge in [-0.15, -0.1) is 0 Å². The summed E-state index contributed by atoms with van der Waals surface area (Å²) in [6.45, 7) is 0.236. The minimum atomic E-state index is -3.74. The number of carbonyl (C=O) groups excluding carboxylic acids is 1. The van der Waals surface area contributed by atoms with Crippen molar-refractivity contribution in [3.8, 4) is 5.75 Å². The third-order valence-electron chi connectivity index (χ3n) is 4.27. The Labute approximate surface area is 180 Å². The molecule has 30 heavy (non-hydrogen) atoms. The van der Waals surface area contributed by atoms with Crippen LogP contribution in [0.5, 0.6) is 5.75 Å². The molecule has 0 N–H and O–H groups in total. The summed E-state index contributed by atoms with van der Waals surface area (Å²) in [5, 5.41) is 0.606. The van der Waals surface area contributed by atoms with E-state index in [9.17, 15) is 13.2 Å². The first-order valence-corrected chi connectivity index (χ1v) is 10.9. The van der Waals surface area contributed by atoms with E-state index >= 15 is 0 Å². The molecule has 0 radical (unpaired) electrons. The quantitative estimate of drug-likeness (QED) is 0.379. The molecule has 0 aliphatic rings. The molecule has 3 aromatic carbocycles. The van der Waals surface area contributed by atoms with Gasteiger partial charge >= 0.3 is 5.97 Å². The van der Waals surface area contributed by atoms with Crippen molar-refractivity contribution < 1.29 is 22.7 Å². The van der Waals surface area contributed by atoms with Gasteiger partial charge in [-0.1, -0.05) is 29.8 Å². The highest BCUT2D eigenvalue weighted by Gasteiger charge is 2.21. The lowest BCUT2D eigenvalue weighted by atomic mass is 10.2. The molecule has 3 rings (SSSR count). The zero-order valence-electron chi connectivity index (χ0n) is 16.2. The molecule has 0 saturated heterocycles. The Morgan fingerprint density at radius 3 is 2.17 bits per heavy atom. The second-order valence-corrected chi connectivity index (χ2v) is 8.68. The monoisotopic (exact) mass is 445 g/mol. The highest BCUT2D eigenvalue weighted by molar-refractivity contribution is 7.92. The van der Waals surface area contributed by atoms with Crippen LogP contribution in [-0.2, 0) is 14.8 Å². The summed E-state index contributed by atoms with van der Waals surface area (Å²) in [6, 6.07) is 21.2. The highest BCUT2D eigenvalue weighted by atomic mass is 35.5. The molecule has 6 nitrogen and oxygen atoms in total. The number of esters is 1. The van der Waals surface area contributed by atoms with Crippen molar-refractivity contribution >= 4 is 33.3 Å². The first kappa shape index (κ1) is 21.7. The van der Waals surface area contributed by atoms with Crippen LogP contribution in [0.15, 0.2) is 83.8 Å². The van der Waals surface area contributed by atoms with E-state index in [1.165, 1.54) is 35.6 Å². The Morgan fingerprint density at radius 2 is 1.53 bits per heavy atom. The van der Waals surface area contributed by atoms with Crippen molar-refractivity contribution in [1.29, 1.82) is 0 Å². The first-order valence-electron chi connectivity index (χ1n) is 9.07. The minimum absolute atomic E-state index is 0.0538. The number of sulfonamides is 1. The molecule has 0 aromatic heterocycles. The van der Waals surface area contributed by atoms with Gasteiger partial charge < -0.3 is 9.47 Å². The second-order valence-electron chi connectivity index (χ2n) is 6.27. The number of hydrogen-bond acceptors (Lipinski definition) is 5. The molecule has 0 spiro atoms. The van der Waals surface area contributed by atoms with Crippen LogP contribution in [-0.4, -0.2) is 34.6 Å². The fourth-order valence-corrected chi connectivity index (χ4v) is 3.93. The van der Waals surface area contributed by atoms with Crippen LogP contribution >= 0.6 is 11.6 Å². The molecular formula is C22H20ClNO5S. The van der Waals surface area contributed by atoms with Gasteiger partial charge in [0.15, 0.2) is 0 Å².